The van der Waals surface area contributed by atoms with Crippen LogP contribution in [0.5, 0.6) is 5.75 Å². The molecule has 3 nitrogen and oxygen atoms in total. The van der Waals surface area contributed by atoms with Crippen molar-refractivity contribution in [3.63, 3.8) is 0 Å². The Labute approximate surface area is 71.9 Å². The SMILES string of the molecule is Cc1ccc(C)c(O[PH](=O)O)c1. The Hall–Kier alpha value is -0.790. The first-order valence-electron chi connectivity index (χ1n) is 3.57. The summed E-state index contributed by atoms with van der Waals surface area (Å²) in [5.41, 5.74) is 1.88. The molecule has 1 atom stereocenters. The third kappa shape index (κ3) is 2.36. The van der Waals surface area contributed by atoms with E-state index in [4.69, 9.17) is 9.42 Å². The van der Waals surface area contributed by atoms with Crippen LogP contribution in [0.4, 0.5) is 0 Å². The van der Waals surface area contributed by atoms with Gasteiger partial charge in [-0.15, -0.1) is 0 Å². The second-order valence-corrected chi connectivity index (χ2v) is 3.37. The molecule has 0 aromatic heterocycles. The molecule has 1 aromatic rings. The van der Waals surface area contributed by atoms with Crippen molar-refractivity contribution in [3.8, 4) is 5.75 Å². The number of hydrogen-bond donors (Lipinski definition) is 1. The molecule has 0 radical (unpaired) electrons. The van der Waals surface area contributed by atoms with E-state index in [0.717, 1.165) is 11.1 Å². The third-order valence-corrected chi connectivity index (χ3v) is 1.94. The summed E-state index contributed by atoms with van der Waals surface area (Å²) >= 11 is 0. The van der Waals surface area contributed by atoms with E-state index in [-0.39, 0.29) is 0 Å². The first kappa shape index (κ1) is 9.30. The first-order valence-corrected chi connectivity index (χ1v) is 4.84. The zero-order valence-corrected chi connectivity index (χ0v) is 8.00. The van der Waals surface area contributed by atoms with Crippen LogP contribution in [-0.2, 0) is 4.57 Å². The van der Waals surface area contributed by atoms with E-state index in [1.165, 1.54) is 0 Å². The fourth-order valence-corrected chi connectivity index (χ4v) is 1.32. The van der Waals surface area contributed by atoms with Gasteiger partial charge in [-0.2, -0.15) is 0 Å². The van der Waals surface area contributed by atoms with Gasteiger partial charge >= 0.3 is 8.25 Å². The number of aryl methyl sites for hydroxylation is 2. The van der Waals surface area contributed by atoms with Crippen LogP contribution in [-0.4, -0.2) is 4.89 Å². The smallest absolute Gasteiger partial charge is 0.365 e. The molecule has 1 aromatic carbocycles. The lowest BCUT2D eigenvalue weighted by atomic mass is 10.1. The molecule has 0 bridgehead atoms. The van der Waals surface area contributed by atoms with E-state index in [1.54, 1.807) is 6.07 Å². The number of benzene rings is 1. The van der Waals surface area contributed by atoms with Gasteiger partial charge in [0.25, 0.3) is 0 Å². The van der Waals surface area contributed by atoms with Gasteiger partial charge < -0.3 is 9.42 Å². The Kier molecular flexibility index (Phi) is 2.90. The molecule has 66 valence electrons. The minimum absolute atomic E-state index is 0.487. The van der Waals surface area contributed by atoms with Crippen molar-refractivity contribution >= 4 is 8.25 Å². The zero-order valence-electron chi connectivity index (χ0n) is 7.00. The fourth-order valence-electron chi connectivity index (χ4n) is 0.911. The molecule has 12 heavy (non-hydrogen) atoms. The van der Waals surface area contributed by atoms with Crippen molar-refractivity contribution in [2.45, 2.75) is 13.8 Å². The van der Waals surface area contributed by atoms with Gasteiger partial charge in [-0.25, -0.2) is 4.57 Å². The van der Waals surface area contributed by atoms with E-state index in [2.05, 4.69) is 0 Å². The van der Waals surface area contributed by atoms with Crippen molar-refractivity contribution in [1.29, 1.82) is 0 Å². The second-order valence-electron chi connectivity index (χ2n) is 2.64. The monoisotopic (exact) mass is 186 g/mol. The summed E-state index contributed by atoms with van der Waals surface area (Å²) in [6.45, 7) is 3.74. The van der Waals surface area contributed by atoms with Crippen molar-refractivity contribution in [2.24, 2.45) is 0 Å². The van der Waals surface area contributed by atoms with Crippen LogP contribution in [0.25, 0.3) is 0 Å². The van der Waals surface area contributed by atoms with Crippen LogP contribution < -0.4 is 4.52 Å². The molecule has 0 aliphatic rings. The third-order valence-electron chi connectivity index (χ3n) is 1.54. The van der Waals surface area contributed by atoms with Crippen molar-refractivity contribution < 1.29 is 14.0 Å². The molecule has 0 aliphatic heterocycles. The van der Waals surface area contributed by atoms with E-state index < -0.39 is 8.25 Å². The van der Waals surface area contributed by atoms with E-state index in [1.807, 2.05) is 26.0 Å². The van der Waals surface area contributed by atoms with Gasteiger partial charge in [-0.3, -0.25) is 0 Å². The highest BCUT2D eigenvalue weighted by molar-refractivity contribution is 7.32. The summed E-state index contributed by atoms with van der Waals surface area (Å²) in [7, 11) is -2.88. The largest absolute Gasteiger partial charge is 0.426 e. The summed E-state index contributed by atoms with van der Waals surface area (Å²) in [5.74, 6) is 0.487. The molecule has 0 saturated carbocycles. The fraction of sp³-hybridized carbons (Fsp3) is 0.250. The number of hydrogen-bond acceptors (Lipinski definition) is 2. The zero-order chi connectivity index (χ0) is 9.14. The second kappa shape index (κ2) is 3.74. The quantitative estimate of drug-likeness (QED) is 0.719. The highest BCUT2D eigenvalue weighted by atomic mass is 31.1. The lowest BCUT2D eigenvalue weighted by Gasteiger charge is -2.05. The Balaban J connectivity index is 2.97. The molecule has 0 fully saturated rings. The Bertz CT molecular complexity index is 309. The lowest BCUT2D eigenvalue weighted by molar-refractivity contribution is 0.409. The van der Waals surface area contributed by atoms with Gasteiger partial charge in [0.05, 0.1) is 0 Å². The molecule has 1 rings (SSSR count). The normalized spacial score (nSPS) is 12.6. The van der Waals surface area contributed by atoms with Gasteiger partial charge in [-0.1, -0.05) is 12.1 Å². The molecule has 1 unspecified atom stereocenters. The first-order chi connectivity index (χ1) is 5.59. The molecule has 0 amide bonds. The van der Waals surface area contributed by atoms with Crippen LogP contribution in [0, 0.1) is 13.8 Å². The Morgan fingerprint density at radius 1 is 1.42 bits per heavy atom. The van der Waals surface area contributed by atoms with Crippen LogP contribution in [0.1, 0.15) is 11.1 Å². The molecular formula is C8H11O3P. The Morgan fingerprint density at radius 3 is 2.67 bits per heavy atom. The van der Waals surface area contributed by atoms with E-state index in [9.17, 15) is 4.57 Å². The average molecular weight is 186 g/mol. The maximum atomic E-state index is 10.4. The molecular weight excluding hydrogens is 175 g/mol. The average Bonchev–Trinajstić information content (AvgIpc) is 1.96. The molecule has 0 aliphatic carbocycles. The van der Waals surface area contributed by atoms with Crippen molar-refractivity contribution in [2.75, 3.05) is 0 Å². The summed E-state index contributed by atoms with van der Waals surface area (Å²) in [5, 5.41) is 0. The maximum Gasteiger partial charge on any atom is 0.365 e. The molecule has 4 heteroatoms. The predicted molar refractivity (Wildman–Crippen MR) is 47.8 cm³/mol. The Morgan fingerprint density at radius 2 is 2.08 bits per heavy atom. The van der Waals surface area contributed by atoms with E-state index in [0.29, 0.717) is 5.75 Å². The van der Waals surface area contributed by atoms with Crippen LogP contribution in [0.2, 0.25) is 0 Å². The molecule has 0 saturated heterocycles. The highest BCUT2D eigenvalue weighted by Crippen LogP contribution is 2.27. The van der Waals surface area contributed by atoms with Crippen LogP contribution in [0.3, 0.4) is 0 Å². The standard InChI is InChI=1S/C8H11O3P/c1-6-3-4-7(2)8(5-6)11-12(9)10/h3-5,12H,1-2H3,(H,9,10). The van der Waals surface area contributed by atoms with Crippen LogP contribution in [0.15, 0.2) is 18.2 Å². The maximum absolute atomic E-state index is 10.4. The van der Waals surface area contributed by atoms with E-state index >= 15 is 0 Å². The predicted octanol–water partition coefficient (Wildman–Crippen LogP) is 2.06. The number of rotatable bonds is 2. The summed E-state index contributed by atoms with van der Waals surface area (Å²) in [6, 6.07) is 5.53. The lowest BCUT2D eigenvalue weighted by Crippen LogP contribution is -1.85. The van der Waals surface area contributed by atoms with Crippen LogP contribution >= 0.6 is 8.25 Å². The van der Waals surface area contributed by atoms with Gasteiger partial charge in [0.15, 0.2) is 0 Å². The van der Waals surface area contributed by atoms with Crippen molar-refractivity contribution in [1.82, 2.24) is 0 Å². The molecule has 0 spiro atoms. The van der Waals surface area contributed by atoms with Crippen molar-refractivity contribution in [3.05, 3.63) is 29.3 Å². The minimum atomic E-state index is -2.88. The summed E-state index contributed by atoms with van der Waals surface area (Å²) in [4.78, 5) is 8.55. The minimum Gasteiger partial charge on any atom is -0.426 e. The topological polar surface area (TPSA) is 46.5 Å². The summed E-state index contributed by atoms with van der Waals surface area (Å²) < 4.78 is 15.1. The highest BCUT2D eigenvalue weighted by Gasteiger charge is 2.01. The molecule has 0 heterocycles. The summed E-state index contributed by atoms with van der Waals surface area (Å²) in [6.07, 6.45) is 0. The van der Waals surface area contributed by atoms with Gasteiger partial charge in [0.1, 0.15) is 5.75 Å². The van der Waals surface area contributed by atoms with Gasteiger partial charge in [-0.05, 0) is 31.0 Å². The van der Waals surface area contributed by atoms with Gasteiger partial charge in [0.2, 0.25) is 0 Å². The molecule has 1 N–H and O–H groups in total. The van der Waals surface area contributed by atoms with Gasteiger partial charge in [0, 0.05) is 0 Å².